The molecule has 3 N–H and O–H groups in total. The zero-order valence-corrected chi connectivity index (χ0v) is 22.4. The third-order valence-electron chi connectivity index (χ3n) is 4.18. The molecular weight excluding hydrogens is 510 g/mol. The van der Waals surface area contributed by atoms with Gasteiger partial charge in [0.2, 0.25) is 5.12 Å². The summed E-state index contributed by atoms with van der Waals surface area (Å²) in [5.74, 6) is 1.14. The number of nitrogens with zero attached hydrogens (tertiary/aromatic N) is 8. The lowest BCUT2D eigenvalue weighted by Gasteiger charge is -2.02. The molecule has 0 atom stereocenters. The predicted molar refractivity (Wildman–Crippen MR) is 143 cm³/mol. The third kappa shape index (κ3) is 10.7. The molecule has 0 saturated carbocycles. The van der Waals surface area contributed by atoms with Crippen molar-refractivity contribution in [3.05, 3.63) is 52.9 Å². The highest BCUT2D eigenvalue weighted by Crippen LogP contribution is 2.18. The third-order valence-corrected chi connectivity index (χ3v) is 6.03. The molecular formula is C20H29N9O3S3. The first-order valence-electron chi connectivity index (χ1n) is 10.5. The first-order valence-corrected chi connectivity index (χ1v) is 12.5. The van der Waals surface area contributed by atoms with Crippen LogP contribution in [0.1, 0.15) is 45.9 Å². The van der Waals surface area contributed by atoms with Gasteiger partial charge in [0, 0.05) is 73.9 Å². The second kappa shape index (κ2) is 16.5. The maximum Gasteiger partial charge on any atom is 0.325 e. The van der Waals surface area contributed by atoms with Gasteiger partial charge in [-0.05, 0) is 18.6 Å². The highest BCUT2D eigenvalue weighted by molar-refractivity contribution is 8.13. The maximum absolute atomic E-state index is 10.7. The standard InChI is InChI=1S/C7H6N4S.C5H8N2OS.C5H7NOS.C3H8N2O/c12-7(10-3-1-8-5-10)11-4-2-9-6-11;1-3-4-6-9-5(8)7(4)2;1-2-4-3-5(7)8-6-4;1-2-3(4)5-6/h1-6H;3H2,1-2H3;2-3H2,1H3;6H,2H2,1H3,(H2,4,5). The van der Waals surface area contributed by atoms with Crippen molar-refractivity contribution in [2.45, 2.75) is 46.5 Å². The van der Waals surface area contributed by atoms with E-state index in [1.54, 1.807) is 58.2 Å². The second-order valence-corrected chi connectivity index (χ2v) is 8.50. The highest BCUT2D eigenvalue weighted by atomic mass is 32.2. The maximum atomic E-state index is 10.7. The molecule has 0 amide bonds. The van der Waals surface area contributed by atoms with Crippen molar-refractivity contribution in [2.24, 2.45) is 22.3 Å². The first kappa shape index (κ1) is 29.9. The molecule has 12 nitrogen and oxygen atoms in total. The molecule has 4 heterocycles. The van der Waals surface area contributed by atoms with Crippen LogP contribution < -0.4 is 10.6 Å². The quantitative estimate of drug-likeness (QED) is 0.127. The van der Waals surface area contributed by atoms with Crippen LogP contribution in [-0.2, 0) is 18.3 Å². The fraction of sp³-hybridized carbons (Fsp3) is 0.400. The summed E-state index contributed by atoms with van der Waals surface area (Å²) in [6.45, 7) is 5.81. The number of hydrogen-bond donors (Lipinski definition) is 2. The number of rotatable bonds is 3. The molecule has 0 aliphatic carbocycles. The fourth-order valence-electron chi connectivity index (χ4n) is 2.11. The predicted octanol–water partition coefficient (Wildman–Crippen LogP) is 2.72. The van der Waals surface area contributed by atoms with Crippen LogP contribution in [0.5, 0.6) is 0 Å². The van der Waals surface area contributed by atoms with E-state index in [0.717, 1.165) is 47.9 Å². The number of carbonyl (C=O) groups excluding carboxylic acids is 1. The molecule has 0 fully saturated rings. The van der Waals surface area contributed by atoms with Crippen molar-refractivity contribution >= 4 is 57.5 Å². The molecule has 0 saturated heterocycles. The van der Waals surface area contributed by atoms with Gasteiger partial charge in [-0.25, -0.2) is 14.4 Å². The van der Waals surface area contributed by atoms with Gasteiger partial charge in [0.25, 0.3) is 0 Å². The van der Waals surface area contributed by atoms with Crippen LogP contribution >= 0.6 is 35.7 Å². The van der Waals surface area contributed by atoms with E-state index in [2.05, 4.69) is 23.9 Å². The number of thiocarbonyl (C=S) groups is 1. The summed E-state index contributed by atoms with van der Waals surface area (Å²) in [6.07, 6.45) is 13.2. The summed E-state index contributed by atoms with van der Waals surface area (Å²) in [4.78, 5) is 29.0. The molecule has 0 aromatic carbocycles. The molecule has 3 aromatic rings. The lowest BCUT2D eigenvalue weighted by Crippen LogP contribution is -2.15. The SMILES string of the molecule is CCC(N)=NO.CCC1=NSC(=O)C1.CCc1nsc(=O)n1C.S=C(n1ccnc1)n1ccnc1. The van der Waals surface area contributed by atoms with Gasteiger partial charge in [0.1, 0.15) is 24.3 Å². The molecule has 190 valence electrons. The normalized spacial score (nSPS) is 12.4. The fourth-order valence-corrected chi connectivity index (χ4v) is 3.64. The van der Waals surface area contributed by atoms with E-state index >= 15 is 0 Å². The van der Waals surface area contributed by atoms with Gasteiger partial charge in [-0.15, -0.1) is 0 Å². The van der Waals surface area contributed by atoms with E-state index in [1.807, 2.05) is 20.8 Å². The van der Waals surface area contributed by atoms with E-state index in [-0.39, 0.29) is 15.8 Å². The average Bonchev–Trinajstić information content (AvgIpc) is 3.69. The number of amidine groups is 1. The van der Waals surface area contributed by atoms with Crippen LogP contribution in [0.3, 0.4) is 0 Å². The summed E-state index contributed by atoms with van der Waals surface area (Å²) in [6, 6.07) is 0. The molecule has 0 spiro atoms. The van der Waals surface area contributed by atoms with Crippen molar-refractivity contribution < 1.29 is 10.0 Å². The monoisotopic (exact) mass is 539 g/mol. The van der Waals surface area contributed by atoms with E-state index in [4.69, 9.17) is 23.2 Å². The molecule has 0 unspecified atom stereocenters. The van der Waals surface area contributed by atoms with Crippen molar-refractivity contribution in [2.75, 3.05) is 0 Å². The summed E-state index contributed by atoms with van der Waals surface area (Å²) < 4.78 is 12.9. The van der Waals surface area contributed by atoms with Gasteiger partial charge in [-0.2, -0.15) is 4.37 Å². The van der Waals surface area contributed by atoms with Crippen LogP contribution in [0.4, 0.5) is 0 Å². The molecule has 35 heavy (non-hydrogen) atoms. The van der Waals surface area contributed by atoms with Crippen LogP contribution in [0.15, 0.2) is 51.8 Å². The molecule has 0 bridgehead atoms. The number of imidazole rings is 2. The minimum atomic E-state index is 0.0202. The summed E-state index contributed by atoms with van der Waals surface area (Å²) in [5, 5.41) is 11.3. The zero-order chi connectivity index (χ0) is 26.2. The molecule has 1 aliphatic rings. The molecule has 1 aliphatic heterocycles. The number of hydrogen-bond acceptors (Lipinski definition) is 11. The molecule has 4 rings (SSSR count). The van der Waals surface area contributed by atoms with Crippen molar-refractivity contribution in [1.82, 2.24) is 28.0 Å². The lowest BCUT2D eigenvalue weighted by atomic mass is 10.2. The van der Waals surface area contributed by atoms with Gasteiger partial charge in [0.15, 0.2) is 5.11 Å². The lowest BCUT2D eigenvalue weighted by molar-refractivity contribution is -0.109. The number of nitrogens with two attached hydrogens (primary N) is 1. The Morgan fingerprint density at radius 1 is 1.14 bits per heavy atom. The topological polar surface area (TPSA) is 159 Å². The smallest absolute Gasteiger partial charge is 0.325 e. The van der Waals surface area contributed by atoms with E-state index in [1.165, 1.54) is 0 Å². The van der Waals surface area contributed by atoms with Crippen LogP contribution in [0.25, 0.3) is 0 Å². The Hall–Kier alpha value is -3.17. The Morgan fingerprint density at radius 2 is 1.74 bits per heavy atom. The minimum Gasteiger partial charge on any atom is -0.409 e. The zero-order valence-electron chi connectivity index (χ0n) is 19.9. The van der Waals surface area contributed by atoms with E-state index in [0.29, 0.717) is 18.0 Å². The Morgan fingerprint density at radius 3 is 1.97 bits per heavy atom. The highest BCUT2D eigenvalue weighted by Gasteiger charge is 2.13. The Labute approximate surface area is 216 Å². The minimum absolute atomic E-state index is 0.0202. The summed E-state index contributed by atoms with van der Waals surface area (Å²) in [5.41, 5.74) is 6.00. The second-order valence-electron chi connectivity index (χ2n) is 6.60. The Bertz CT molecular complexity index is 1110. The number of aryl methyl sites for hydroxylation is 1. The van der Waals surface area contributed by atoms with Gasteiger partial charge in [0.05, 0.1) is 6.42 Å². The molecule has 15 heteroatoms. The van der Waals surface area contributed by atoms with Gasteiger partial charge in [-0.1, -0.05) is 25.9 Å². The van der Waals surface area contributed by atoms with Gasteiger partial charge >= 0.3 is 4.87 Å². The van der Waals surface area contributed by atoms with Crippen LogP contribution in [0.2, 0.25) is 0 Å². The number of carbonyl (C=O) groups is 1. The average molecular weight is 540 g/mol. The van der Waals surface area contributed by atoms with Crippen LogP contribution in [-0.4, -0.2) is 55.0 Å². The Balaban J connectivity index is 0.000000242. The Kier molecular flexibility index (Phi) is 14.0. The largest absolute Gasteiger partial charge is 0.409 e. The van der Waals surface area contributed by atoms with Gasteiger partial charge < -0.3 is 10.9 Å². The summed E-state index contributed by atoms with van der Waals surface area (Å²) in [7, 11) is 1.74. The van der Waals surface area contributed by atoms with Crippen molar-refractivity contribution in [1.29, 1.82) is 0 Å². The summed E-state index contributed by atoms with van der Waals surface area (Å²) >= 11 is 7.23. The van der Waals surface area contributed by atoms with Crippen molar-refractivity contribution in [3.8, 4) is 0 Å². The molecule has 0 radical (unpaired) electrons. The number of oxime groups is 1. The first-order chi connectivity index (χ1) is 16.8. The van der Waals surface area contributed by atoms with Crippen LogP contribution in [0, 0.1) is 0 Å². The van der Waals surface area contributed by atoms with E-state index < -0.39 is 0 Å². The number of aromatic nitrogens is 6. The van der Waals surface area contributed by atoms with Crippen molar-refractivity contribution in [3.63, 3.8) is 0 Å². The van der Waals surface area contributed by atoms with E-state index in [9.17, 15) is 9.59 Å². The molecule has 3 aromatic heterocycles. The van der Waals surface area contributed by atoms with Gasteiger partial charge in [-0.3, -0.25) is 23.3 Å².